The van der Waals surface area contributed by atoms with E-state index < -0.39 is 0 Å². The van der Waals surface area contributed by atoms with Gasteiger partial charge in [-0.15, -0.1) is 0 Å². The van der Waals surface area contributed by atoms with Gasteiger partial charge in [0.15, 0.2) is 0 Å². The van der Waals surface area contributed by atoms with Gasteiger partial charge in [0.25, 0.3) is 0 Å². The van der Waals surface area contributed by atoms with Gasteiger partial charge in [0.1, 0.15) is 0 Å². The zero-order valence-corrected chi connectivity index (χ0v) is 6.03. The molecule has 0 radical (unpaired) electrons. The van der Waals surface area contributed by atoms with E-state index in [4.69, 9.17) is 0 Å². The van der Waals surface area contributed by atoms with Crippen LogP contribution in [0.15, 0.2) is 36.5 Å². The molecule has 0 amide bonds. The largest absolute Gasteiger partial charge is 0.0870 e. The lowest BCUT2D eigenvalue weighted by Gasteiger charge is -2.02. The standard InChI is InChI=1S/C10H12/c1-3-9-5-2-6-10(4-1)8-7-9/h1-3,6-10H,4-5H2. The Hall–Kier alpha value is -0.780. The molecule has 0 aromatic heterocycles. The molecule has 2 aliphatic carbocycles. The molecule has 0 heterocycles. The monoisotopic (exact) mass is 132 g/mol. The van der Waals surface area contributed by atoms with Gasteiger partial charge >= 0.3 is 0 Å². The average molecular weight is 132 g/mol. The van der Waals surface area contributed by atoms with Crippen LogP contribution in [0.4, 0.5) is 0 Å². The van der Waals surface area contributed by atoms with Crippen molar-refractivity contribution in [3.05, 3.63) is 36.5 Å². The van der Waals surface area contributed by atoms with Gasteiger partial charge in [-0.3, -0.25) is 0 Å². The van der Waals surface area contributed by atoms with Crippen LogP contribution in [0.5, 0.6) is 0 Å². The van der Waals surface area contributed by atoms with Gasteiger partial charge in [-0.25, -0.2) is 0 Å². The fraction of sp³-hybridized carbons (Fsp3) is 0.400. The second-order valence-electron chi connectivity index (χ2n) is 3.04. The Bertz CT molecular complexity index is 174. The molecule has 0 aliphatic heterocycles. The van der Waals surface area contributed by atoms with Crippen LogP contribution in [-0.2, 0) is 0 Å². The number of hydrogen-bond donors (Lipinski definition) is 0. The van der Waals surface area contributed by atoms with Gasteiger partial charge in [-0.05, 0) is 24.7 Å². The Morgan fingerprint density at radius 1 is 0.700 bits per heavy atom. The van der Waals surface area contributed by atoms with Gasteiger partial charge in [0, 0.05) is 0 Å². The Morgan fingerprint density at radius 2 is 1.20 bits per heavy atom. The highest BCUT2D eigenvalue weighted by molar-refractivity contribution is 5.16. The van der Waals surface area contributed by atoms with E-state index >= 15 is 0 Å². The fourth-order valence-electron chi connectivity index (χ4n) is 1.55. The molecule has 2 atom stereocenters. The summed E-state index contributed by atoms with van der Waals surface area (Å²) in [4.78, 5) is 0. The third kappa shape index (κ3) is 1.06. The van der Waals surface area contributed by atoms with Crippen molar-refractivity contribution in [1.82, 2.24) is 0 Å². The molecule has 2 rings (SSSR count). The van der Waals surface area contributed by atoms with Gasteiger partial charge in [-0.2, -0.15) is 0 Å². The lowest BCUT2D eigenvalue weighted by Crippen LogP contribution is -1.89. The van der Waals surface area contributed by atoms with Gasteiger partial charge in [0.05, 0.1) is 0 Å². The smallest absolute Gasteiger partial charge is 0.00187 e. The van der Waals surface area contributed by atoms with Crippen molar-refractivity contribution in [3.63, 3.8) is 0 Å². The maximum Gasteiger partial charge on any atom is -0.00187 e. The van der Waals surface area contributed by atoms with Gasteiger partial charge in [-0.1, -0.05) is 36.5 Å². The van der Waals surface area contributed by atoms with E-state index in [2.05, 4.69) is 36.5 Å². The van der Waals surface area contributed by atoms with Crippen LogP contribution < -0.4 is 0 Å². The Balaban J connectivity index is 2.29. The van der Waals surface area contributed by atoms with Gasteiger partial charge < -0.3 is 0 Å². The SMILES string of the molecule is C1=CC2C=CC(C=CC2)C1. The van der Waals surface area contributed by atoms with E-state index in [1.165, 1.54) is 12.8 Å². The molecular formula is C10H12. The minimum absolute atomic E-state index is 0.684. The average Bonchev–Trinajstić information content (AvgIpc) is 2.17. The molecule has 0 saturated heterocycles. The van der Waals surface area contributed by atoms with Crippen molar-refractivity contribution in [2.24, 2.45) is 11.8 Å². The number of allylic oxidation sites excluding steroid dienone is 6. The molecule has 0 nitrogen and oxygen atoms in total. The first-order valence-corrected chi connectivity index (χ1v) is 3.97. The van der Waals surface area contributed by atoms with Crippen LogP contribution in [0.3, 0.4) is 0 Å². The molecule has 2 unspecified atom stereocenters. The first-order valence-electron chi connectivity index (χ1n) is 3.97. The molecule has 0 heteroatoms. The van der Waals surface area contributed by atoms with Crippen molar-refractivity contribution >= 4 is 0 Å². The third-order valence-corrected chi connectivity index (χ3v) is 2.19. The zero-order chi connectivity index (χ0) is 6.81. The van der Waals surface area contributed by atoms with Crippen LogP contribution in [0.1, 0.15) is 12.8 Å². The highest BCUT2D eigenvalue weighted by Gasteiger charge is 2.08. The van der Waals surface area contributed by atoms with Crippen LogP contribution in [0, 0.1) is 11.8 Å². The van der Waals surface area contributed by atoms with Crippen LogP contribution in [-0.4, -0.2) is 0 Å². The third-order valence-electron chi connectivity index (χ3n) is 2.19. The molecule has 0 N–H and O–H groups in total. The van der Waals surface area contributed by atoms with Crippen LogP contribution in [0.25, 0.3) is 0 Å². The molecule has 52 valence electrons. The molecule has 0 aromatic carbocycles. The fourth-order valence-corrected chi connectivity index (χ4v) is 1.55. The minimum Gasteiger partial charge on any atom is -0.0870 e. The molecule has 0 saturated carbocycles. The van der Waals surface area contributed by atoms with E-state index in [1.54, 1.807) is 0 Å². The van der Waals surface area contributed by atoms with E-state index in [1.807, 2.05) is 0 Å². The van der Waals surface area contributed by atoms with Crippen LogP contribution in [0.2, 0.25) is 0 Å². The normalized spacial score (nSPS) is 36.0. The zero-order valence-electron chi connectivity index (χ0n) is 6.03. The van der Waals surface area contributed by atoms with Crippen molar-refractivity contribution in [3.8, 4) is 0 Å². The number of fused-ring (bicyclic) bond motifs is 2. The summed E-state index contributed by atoms with van der Waals surface area (Å²) in [5, 5.41) is 0. The maximum absolute atomic E-state index is 2.33. The van der Waals surface area contributed by atoms with Crippen molar-refractivity contribution in [2.75, 3.05) is 0 Å². The van der Waals surface area contributed by atoms with E-state index in [0.717, 1.165) is 0 Å². The topological polar surface area (TPSA) is 0 Å². The van der Waals surface area contributed by atoms with Crippen molar-refractivity contribution < 1.29 is 0 Å². The summed E-state index contributed by atoms with van der Waals surface area (Å²) < 4.78 is 0. The van der Waals surface area contributed by atoms with E-state index in [9.17, 15) is 0 Å². The van der Waals surface area contributed by atoms with Gasteiger partial charge in [0.2, 0.25) is 0 Å². The second-order valence-corrected chi connectivity index (χ2v) is 3.04. The molecular weight excluding hydrogens is 120 g/mol. The molecule has 2 aliphatic rings. The summed E-state index contributed by atoms with van der Waals surface area (Å²) in [6.45, 7) is 0. The molecule has 10 heavy (non-hydrogen) atoms. The summed E-state index contributed by atoms with van der Waals surface area (Å²) in [6.07, 6.45) is 16.3. The quantitative estimate of drug-likeness (QED) is 0.444. The number of hydrogen-bond acceptors (Lipinski definition) is 0. The van der Waals surface area contributed by atoms with Crippen molar-refractivity contribution in [1.29, 1.82) is 0 Å². The highest BCUT2D eigenvalue weighted by atomic mass is 14.1. The molecule has 0 aromatic rings. The Labute approximate surface area is 61.9 Å². The minimum atomic E-state index is 0.684. The van der Waals surface area contributed by atoms with Crippen molar-refractivity contribution in [2.45, 2.75) is 12.8 Å². The Kier molecular flexibility index (Phi) is 1.46. The van der Waals surface area contributed by atoms with Crippen LogP contribution >= 0.6 is 0 Å². The molecule has 2 bridgehead atoms. The highest BCUT2D eigenvalue weighted by Crippen LogP contribution is 2.22. The maximum atomic E-state index is 2.33. The van der Waals surface area contributed by atoms with E-state index in [0.29, 0.717) is 11.8 Å². The molecule has 0 fully saturated rings. The predicted molar refractivity (Wildman–Crippen MR) is 43.6 cm³/mol. The summed E-state index contributed by atoms with van der Waals surface area (Å²) >= 11 is 0. The molecule has 0 spiro atoms. The lowest BCUT2D eigenvalue weighted by atomic mass is 10.0. The number of rotatable bonds is 0. The first kappa shape index (κ1) is 5.96. The summed E-state index contributed by atoms with van der Waals surface area (Å²) in [7, 11) is 0. The first-order chi connectivity index (χ1) is 4.95. The Morgan fingerprint density at radius 3 is 1.70 bits per heavy atom. The summed E-state index contributed by atoms with van der Waals surface area (Å²) in [6, 6.07) is 0. The predicted octanol–water partition coefficient (Wildman–Crippen LogP) is 2.69. The van der Waals surface area contributed by atoms with E-state index in [-0.39, 0.29) is 0 Å². The summed E-state index contributed by atoms with van der Waals surface area (Å²) in [5.74, 6) is 1.37. The lowest BCUT2D eigenvalue weighted by molar-refractivity contribution is 0.808. The second kappa shape index (κ2) is 2.45. The summed E-state index contributed by atoms with van der Waals surface area (Å²) in [5.41, 5.74) is 0.